The van der Waals surface area contributed by atoms with E-state index in [0.717, 1.165) is 0 Å². The van der Waals surface area contributed by atoms with Gasteiger partial charge >= 0.3 is 16.3 Å². The van der Waals surface area contributed by atoms with Gasteiger partial charge in [-0.05, 0) is 55.8 Å². The molecule has 0 aliphatic carbocycles. The lowest BCUT2D eigenvalue weighted by molar-refractivity contribution is -0.123. The molecule has 1 aromatic carbocycles. The van der Waals surface area contributed by atoms with Crippen LogP contribution in [-0.4, -0.2) is 27.4 Å². The van der Waals surface area contributed by atoms with Crippen LogP contribution in [0.15, 0.2) is 47.5 Å². The van der Waals surface area contributed by atoms with E-state index in [4.69, 9.17) is 5.73 Å². The maximum absolute atomic E-state index is 12.9. The van der Waals surface area contributed by atoms with E-state index in [1.54, 1.807) is 6.07 Å². The molecule has 2 heterocycles. The molecular weight excluding hydrogens is 419 g/mol. The van der Waals surface area contributed by atoms with Gasteiger partial charge in [-0.2, -0.15) is 0 Å². The number of imide groups is 1. The van der Waals surface area contributed by atoms with Crippen molar-refractivity contribution >= 4 is 33.7 Å². The normalized spacial score (nSPS) is 19.3. The van der Waals surface area contributed by atoms with Gasteiger partial charge in [-0.15, -0.1) is 0 Å². The van der Waals surface area contributed by atoms with Gasteiger partial charge < -0.3 is 10.6 Å². The maximum atomic E-state index is 12.9. The maximum Gasteiger partial charge on any atom is 0.332 e. The lowest BCUT2D eigenvalue weighted by Crippen LogP contribution is -2.43. The van der Waals surface area contributed by atoms with Crippen molar-refractivity contribution in [3.05, 3.63) is 48.2 Å². The molecule has 3 rings (SSSR count). The summed E-state index contributed by atoms with van der Waals surface area (Å²) in [5.41, 5.74) is 4.63. The number of halogens is 5. The van der Waals surface area contributed by atoms with Gasteiger partial charge in [0.05, 0.1) is 5.69 Å². The highest BCUT2D eigenvalue weighted by molar-refractivity contribution is 8.45. The van der Waals surface area contributed by atoms with E-state index in [-0.39, 0.29) is 30.2 Å². The highest BCUT2D eigenvalue weighted by Gasteiger charge is 2.65. The second-order valence-electron chi connectivity index (χ2n) is 7.12. The lowest BCUT2D eigenvalue weighted by atomic mass is 10.0. The van der Waals surface area contributed by atoms with Crippen LogP contribution in [0.2, 0.25) is 0 Å². The summed E-state index contributed by atoms with van der Waals surface area (Å²) in [4.78, 5) is 29.2. The quantitative estimate of drug-likeness (QED) is 0.536. The van der Waals surface area contributed by atoms with Gasteiger partial charge in [0.1, 0.15) is 16.3 Å². The molecule has 0 bridgehead atoms. The van der Waals surface area contributed by atoms with Gasteiger partial charge in [0, 0.05) is 12.7 Å². The number of carbonyl (C=O) groups excluding carboxylic acids is 2. The van der Waals surface area contributed by atoms with Gasteiger partial charge in [0.2, 0.25) is 0 Å². The zero-order valence-corrected chi connectivity index (χ0v) is 16.1. The number of urea groups is 1. The molecule has 1 aliphatic heterocycles. The molecule has 0 radical (unpaired) electrons. The van der Waals surface area contributed by atoms with E-state index >= 15 is 0 Å². The van der Waals surface area contributed by atoms with Crippen LogP contribution in [0.1, 0.15) is 19.4 Å². The van der Waals surface area contributed by atoms with Crippen LogP contribution < -0.4 is 10.6 Å². The Balaban J connectivity index is 1.95. The Morgan fingerprint density at radius 3 is 2.14 bits per heavy atom. The van der Waals surface area contributed by atoms with Gasteiger partial charge in [-0.3, -0.25) is 4.79 Å². The summed E-state index contributed by atoms with van der Waals surface area (Å²) in [6.07, 6.45) is 1.43. The van der Waals surface area contributed by atoms with Gasteiger partial charge in [0.15, 0.2) is 0 Å². The summed E-state index contributed by atoms with van der Waals surface area (Å²) >= 11 is 0. The average Bonchev–Trinajstić information content (AvgIpc) is 2.73. The predicted octanol–water partition coefficient (Wildman–Crippen LogP) is 5.07. The minimum absolute atomic E-state index is 0.00958. The topological polar surface area (TPSA) is 79.5 Å². The average molecular weight is 436 g/mol. The second-order valence-corrected chi connectivity index (χ2v) is 9.53. The number of nitrogens with zero attached hydrogens (tertiary/aromatic N) is 3. The first kappa shape index (κ1) is 20.8. The van der Waals surface area contributed by atoms with Crippen molar-refractivity contribution in [2.75, 3.05) is 10.6 Å². The molecule has 1 aliphatic rings. The Morgan fingerprint density at radius 2 is 1.62 bits per heavy atom. The fourth-order valence-corrected chi connectivity index (χ4v) is 3.61. The molecule has 3 amide bonds. The first-order valence-corrected chi connectivity index (χ1v) is 10.2. The van der Waals surface area contributed by atoms with Crippen LogP contribution in [0.25, 0.3) is 0 Å². The summed E-state index contributed by atoms with van der Waals surface area (Å²) in [6, 6.07) is 3.99. The molecule has 29 heavy (non-hydrogen) atoms. The van der Waals surface area contributed by atoms with Crippen LogP contribution in [0.4, 0.5) is 35.7 Å². The van der Waals surface area contributed by atoms with Crippen molar-refractivity contribution in [1.29, 1.82) is 0 Å². The molecule has 1 fully saturated rings. The molecule has 0 atom stereocenters. The molecule has 2 aromatic rings. The number of hydrogen-bond acceptors (Lipinski definition) is 4. The van der Waals surface area contributed by atoms with E-state index in [9.17, 15) is 29.0 Å². The summed E-state index contributed by atoms with van der Waals surface area (Å²) in [7, 11) is -9.86. The van der Waals surface area contributed by atoms with Crippen molar-refractivity contribution < 1.29 is 29.0 Å². The Morgan fingerprint density at radius 1 is 1.03 bits per heavy atom. The zero-order chi connectivity index (χ0) is 21.9. The highest BCUT2D eigenvalue weighted by atomic mass is 32.5. The Labute approximate surface area is 162 Å². The number of benzene rings is 1. The minimum Gasteiger partial charge on any atom is -0.384 e. The van der Waals surface area contributed by atoms with Crippen LogP contribution in [0.5, 0.6) is 0 Å². The van der Waals surface area contributed by atoms with E-state index in [0.29, 0.717) is 22.6 Å². The standard InChI is InChI=1S/C17H17F5N4O2S/c1-17(2)15(27)26(12-3-5-13(6-4-12)29(18,19,20,21)22)16(28)25(17)10-11-7-8-24-14(23)9-11/h3-9H,10H2,1-2H3,(H2,23,24). The molecule has 158 valence electrons. The van der Waals surface area contributed by atoms with Crippen molar-refractivity contribution in [1.82, 2.24) is 9.88 Å². The summed E-state index contributed by atoms with van der Waals surface area (Å²) < 4.78 is 64.5. The number of pyridine rings is 1. The van der Waals surface area contributed by atoms with E-state index in [1.807, 2.05) is 0 Å². The number of nitrogens with two attached hydrogens (primary N) is 1. The Kier molecular flexibility index (Phi) is 4.01. The third kappa shape index (κ3) is 3.84. The largest absolute Gasteiger partial charge is 0.384 e. The molecule has 2 N–H and O–H groups in total. The third-order valence-corrected chi connectivity index (χ3v) is 5.71. The molecular formula is C17H17F5N4O2S. The minimum atomic E-state index is -9.86. The SMILES string of the molecule is CC1(C)C(=O)N(c2ccc(S(F)(F)(F)(F)F)cc2)C(=O)N1Cc1ccnc(N)c1. The number of rotatable bonds is 4. The molecule has 1 aromatic heterocycles. The first-order chi connectivity index (χ1) is 13.0. The second kappa shape index (κ2) is 5.59. The molecule has 1 saturated heterocycles. The Bertz CT molecular complexity index is 1010. The summed E-state index contributed by atoms with van der Waals surface area (Å²) in [6.45, 7) is 2.94. The number of aromatic nitrogens is 1. The van der Waals surface area contributed by atoms with Gasteiger partial charge in [-0.1, -0.05) is 19.4 Å². The van der Waals surface area contributed by atoms with Crippen LogP contribution in [0, 0.1) is 0 Å². The van der Waals surface area contributed by atoms with Gasteiger partial charge in [0.25, 0.3) is 5.91 Å². The molecule has 0 spiro atoms. The number of anilines is 2. The smallest absolute Gasteiger partial charge is 0.332 e. The number of amides is 3. The van der Waals surface area contributed by atoms with Gasteiger partial charge in [-0.25, -0.2) is 14.7 Å². The monoisotopic (exact) mass is 436 g/mol. The molecule has 12 heteroatoms. The molecule has 0 unspecified atom stereocenters. The fraction of sp³-hybridized carbons (Fsp3) is 0.235. The van der Waals surface area contributed by atoms with Crippen LogP contribution >= 0.6 is 10.2 Å². The molecule has 6 nitrogen and oxygen atoms in total. The summed E-state index contributed by atoms with van der Waals surface area (Å²) in [5, 5.41) is 0. The van der Waals surface area contributed by atoms with Crippen molar-refractivity contribution in [2.45, 2.75) is 30.8 Å². The van der Waals surface area contributed by atoms with E-state index < -0.39 is 32.6 Å². The predicted molar refractivity (Wildman–Crippen MR) is 99.0 cm³/mol. The van der Waals surface area contributed by atoms with Crippen molar-refractivity contribution in [2.24, 2.45) is 0 Å². The van der Waals surface area contributed by atoms with Crippen LogP contribution in [-0.2, 0) is 11.3 Å². The van der Waals surface area contributed by atoms with E-state index in [2.05, 4.69) is 4.98 Å². The van der Waals surface area contributed by atoms with Crippen molar-refractivity contribution in [3.63, 3.8) is 0 Å². The zero-order valence-electron chi connectivity index (χ0n) is 15.3. The number of nitrogen functional groups attached to an aromatic ring is 1. The van der Waals surface area contributed by atoms with Crippen LogP contribution in [0.3, 0.4) is 0 Å². The highest BCUT2D eigenvalue weighted by Crippen LogP contribution is 3.02. The number of carbonyl (C=O) groups is 2. The molecule has 0 saturated carbocycles. The Hall–Kier alpha value is -2.89. The van der Waals surface area contributed by atoms with E-state index in [1.165, 1.54) is 31.0 Å². The van der Waals surface area contributed by atoms with Crippen molar-refractivity contribution in [3.8, 4) is 0 Å². The first-order valence-electron chi connectivity index (χ1n) is 8.21. The summed E-state index contributed by atoms with van der Waals surface area (Å²) in [5.74, 6) is -0.494. The third-order valence-electron chi connectivity index (χ3n) is 4.55. The lowest BCUT2D eigenvalue weighted by Gasteiger charge is -2.40. The fourth-order valence-electron chi connectivity index (χ4n) is 2.96. The number of hydrogen-bond donors (Lipinski definition) is 1.